The molecule has 0 amide bonds. The Morgan fingerprint density at radius 1 is 1.03 bits per heavy atom. The topological polar surface area (TPSA) is 101 Å². The van der Waals surface area contributed by atoms with Crippen LogP contribution < -0.4 is 16.5 Å². The Kier molecular flexibility index (Phi) is 5.99. The largest absolute Gasteiger partial charge is 0.455 e. The molecule has 2 heterocycles. The summed E-state index contributed by atoms with van der Waals surface area (Å²) in [6.45, 7) is 6.93. The van der Waals surface area contributed by atoms with Crippen LogP contribution in [-0.2, 0) is 0 Å². The number of aryl methyl sites for hydroxylation is 2. The summed E-state index contributed by atoms with van der Waals surface area (Å²) in [5, 5.41) is 7.20. The normalized spacial score (nSPS) is 12.2. The third-order valence-corrected chi connectivity index (χ3v) is 6.36. The molecule has 0 bridgehead atoms. The number of aromatic amines is 1. The summed E-state index contributed by atoms with van der Waals surface area (Å²) in [4.78, 5) is 27.2. The molecule has 0 aliphatic rings. The van der Waals surface area contributed by atoms with Gasteiger partial charge in [0.05, 0.1) is 22.6 Å². The zero-order valence-corrected chi connectivity index (χ0v) is 20.5. The van der Waals surface area contributed by atoms with Gasteiger partial charge in [0.25, 0.3) is 0 Å². The first-order valence-corrected chi connectivity index (χ1v) is 11.6. The minimum atomic E-state index is -0.810. The van der Waals surface area contributed by atoms with E-state index in [2.05, 4.69) is 20.0 Å². The summed E-state index contributed by atoms with van der Waals surface area (Å²) in [6.07, 6.45) is 0. The third-order valence-electron chi connectivity index (χ3n) is 6.36. The fourth-order valence-electron chi connectivity index (χ4n) is 4.50. The second kappa shape index (κ2) is 9.16. The van der Waals surface area contributed by atoms with Crippen molar-refractivity contribution in [2.75, 3.05) is 5.32 Å². The number of anilines is 1. The van der Waals surface area contributed by atoms with Gasteiger partial charge in [-0.2, -0.15) is 0 Å². The zero-order valence-electron chi connectivity index (χ0n) is 20.5. The predicted octanol–water partition coefficient (Wildman–Crippen LogP) is 6.18. The molecule has 1 atom stereocenters. The van der Waals surface area contributed by atoms with Crippen molar-refractivity contribution < 1.29 is 17.7 Å². The fraction of sp³-hybridized carbons (Fsp3) is 0.179. The SMILES string of the molecule is Cc1cc([C@@H](C)Nc2cccc(F)c2-c2noc(=O)[nH]2)c2oc(-c3cccc(C)c3F)c(C)c(=O)c2c1. The number of H-pyrrole nitrogens is 1. The van der Waals surface area contributed by atoms with E-state index in [0.717, 1.165) is 5.56 Å². The predicted molar refractivity (Wildman–Crippen MR) is 137 cm³/mol. The van der Waals surface area contributed by atoms with Gasteiger partial charge in [0.15, 0.2) is 11.3 Å². The van der Waals surface area contributed by atoms with Crippen LogP contribution in [0.5, 0.6) is 0 Å². The monoisotopic (exact) mass is 503 g/mol. The number of aromatic nitrogens is 2. The van der Waals surface area contributed by atoms with E-state index < -0.39 is 23.4 Å². The molecule has 0 saturated heterocycles. The van der Waals surface area contributed by atoms with Gasteiger partial charge in [0.1, 0.15) is 23.0 Å². The van der Waals surface area contributed by atoms with Gasteiger partial charge in [-0.15, -0.1) is 0 Å². The zero-order chi connectivity index (χ0) is 26.4. The van der Waals surface area contributed by atoms with Crippen molar-refractivity contribution in [3.63, 3.8) is 0 Å². The van der Waals surface area contributed by atoms with Gasteiger partial charge in [-0.1, -0.05) is 29.4 Å². The van der Waals surface area contributed by atoms with Gasteiger partial charge in [-0.05, 0) is 63.1 Å². The quantitative estimate of drug-likeness (QED) is 0.297. The Labute approximate surface area is 209 Å². The lowest BCUT2D eigenvalue weighted by Crippen LogP contribution is -2.13. The number of benzene rings is 3. The summed E-state index contributed by atoms with van der Waals surface area (Å²) in [5.74, 6) is -1.79. The van der Waals surface area contributed by atoms with Crippen molar-refractivity contribution in [2.45, 2.75) is 33.7 Å². The van der Waals surface area contributed by atoms with E-state index in [9.17, 15) is 14.0 Å². The van der Waals surface area contributed by atoms with Crippen LogP contribution in [0.25, 0.3) is 33.7 Å². The average molecular weight is 504 g/mol. The molecule has 2 N–H and O–H groups in total. The smallest absolute Gasteiger partial charge is 0.439 e. The van der Waals surface area contributed by atoms with Crippen molar-refractivity contribution in [1.82, 2.24) is 10.1 Å². The van der Waals surface area contributed by atoms with Gasteiger partial charge in [0.2, 0.25) is 0 Å². The lowest BCUT2D eigenvalue weighted by Gasteiger charge is -2.20. The molecule has 0 unspecified atom stereocenters. The van der Waals surface area contributed by atoms with Gasteiger partial charge >= 0.3 is 5.76 Å². The first-order valence-electron chi connectivity index (χ1n) is 11.6. The van der Waals surface area contributed by atoms with E-state index in [1.807, 2.05) is 19.9 Å². The standard InChI is InChI=1S/C28H23F2N3O4/c1-13-11-18(16(4)31-21-10-6-9-20(29)22(21)27-32-28(35)37-33-27)26-19(12-13)24(34)15(3)25(36-26)17-8-5-7-14(2)23(17)30/h5-12,16,31H,1-4H3,(H,32,33,35)/t16-/m1/s1. The van der Waals surface area contributed by atoms with Crippen molar-refractivity contribution >= 4 is 16.7 Å². The molecule has 37 heavy (non-hydrogen) atoms. The maximum atomic E-state index is 15.0. The second-order valence-corrected chi connectivity index (χ2v) is 9.02. The van der Waals surface area contributed by atoms with Crippen LogP contribution >= 0.6 is 0 Å². The third kappa shape index (κ3) is 4.22. The van der Waals surface area contributed by atoms with Crippen LogP contribution in [0, 0.1) is 32.4 Å². The van der Waals surface area contributed by atoms with E-state index >= 15 is 4.39 Å². The highest BCUT2D eigenvalue weighted by atomic mass is 19.1. The fourth-order valence-corrected chi connectivity index (χ4v) is 4.50. The molecule has 3 aromatic carbocycles. The summed E-state index contributed by atoms with van der Waals surface area (Å²) in [7, 11) is 0. The molecule has 0 spiro atoms. The molecule has 5 rings (SSSR count). The van der Waals surface area contributed by atoms with Gasteiger partial charge in [0, 0.05) is 16.8 Å². The number of halogens is 2. The van der Waals surface area contributed by atoms with Gasteiger partial charge in [-0.3, -0.25) is 14.3 Å². The van der Waals surface area contributed by atoms with Crippen molar-refractivity contribution in [3.8, 4) is 22.7 Å². The number of nitrogens with one attached hydrogen (secondary N) is 2. The highest BCUT2D eigenvalue weighted by molar-refractivity contribution is 5.85. The van der Waals surface area contributed by atoms with E-state index in [4.69, 9.17) is 4.42 Å². The second-order valence-electron chi connectivity index (χ2n) is 9.02. The van der Waals surface area contributed by atoms with Crippen LogP contribution in [0.1, 0.15) is 35.2 Å². The molecular formula is C28H23F2N3O4. The molecule has 0 saturated carbocycles. The summed E-state index contributed by atoms with van der Waals surface area (Å²) in [5.41, 5.74) is 2.77. The van der Waals surface area contributed by atoms with Crippen LogP contribution in [-0.4, -0.2) is 10.1 Å². The molecule has 5 aromatic rings. The Balaban J connectivity index is 1.68. The van der Waals surface area contributed by atoms with E-state index in [1.165, 1.54) is 12.1 Å². The maximum absolute atomic E-state index is 15.0. The summed E-state index contributed by atoms with van der Waals surface area (Å²) in [6, 6.07) is 12.4. The molecule has 9 heteroatoms. The minimum Gasteiger partial charge on any atom is -0.455 e. The first-order chi connectivity index (χ1) is 17.7. The van der Waals surface area contributed by atoms with Crippen LogP contribution in [0.3, 0.4) is 0 Å². The number of hydrogen-bond donors (Lipinski definition) is 2. The summed E-state index contributed by atoms with van der Waals surface area (Å²) >= 11 is 0. The maximum Gasteiger partial charge on any atom is 0.439 e. The molecule has 188 valence electrons. The van der Waals surface area contributed by atoms with Crippen LogP contribution in [0.4, 0.5) is 14.5 Å². The summed E-state index contributed by atoms with van der Waals surface area (Å²) < 4.78 is 40.6. The molecule has 7 nitrogen and oxygen atoms in total. The Morgan fingerprint density at radius 2 is 1.78 bits per heavy atom. The van der Waals surface area contributed by atoms with E-state index in [1.54, 1.807) is 44.2 Å². The minimum absolute atomic E-state index is 0.0250. The van der Waals surface area contributed by atoms with Crippen LogP contribution in [0.15, 0.2) is 67.1 Å². The van der Waals surface area contributed by atoms with Crippen molar-refractivity contribution in [1.29, 1.82) is 0 Å². The lowest BCUT2D eigenvalue weighted by atomic mass is 9.98. The van der Waals surface area contributed by atoms with E-state index in [0.29, 0.717) is 33.3 Å². The highest BCUT2D eigenvalue weighted by Crippen LogP contribution is 2.35. The van der Waals surface area contributed by atoms with E-state index in [-0.39, 0.29) is 28.1 Å². The molecular weight excluding hydrogens is 480 g/mol. The number of nitrogens with zero attached hydrogens (tertiary/aromatic N) is 1. The first kappa shape index (κ1) is 24.2. The Bertz CT molecular complexity index is 1790. The van der Waals surface area contributed by atoms with Crippen molar-refractivity contribution in [2.24, 2.45) is 0 Å². The molecule has 0 aliphatic carbocycles. The van der Waals surface area contributed by atoms with Gasteiger partial charge < -0.3 is 9.73 Å². The number of rotatable bonds is 5. The molecule has 0 fully saturated rings. The Morgan fingerprint density at radius 3 is 2.51 bits per heavy atom. The lowest BCUT2D eigenvalue weighted by molar-refractivity contribution is 0.387. The average Bonchev–Trinajstić information content (AvgIpc) is 3.29. The molecule has 0 aliphatic heterocycles. The molecule has 0 radical (unpaired) electrons. The number of fused-ring (bicyclic) bond motifs is 1. The Hall–Kier alpha value is -4.53. The van der Waals surface area contributed by atoms with Crippen LogP contribution in [0.2, 0.25) is 0 Å². The number of hydrogen-bond acceptors (Lipinski definition) is 6. The van der Waals surface area contributed by atoms with Gasteiger partial charge in [-0.25, -0.2) is 13.6 Å². The highest BCUT2D eigenvalue weighted by Gasteiger charge is 2.22. The van der Waals surface area contributed by atoms with Crippen molar-refractivity contribution in [3.05, 3.63) is 103 Å². The molecule has 2 aromatic heterocycles.